The number of pyridine rings is 1. The van der Waals surface area contributed by atoms with E-state index in [0.29, 0.717) is 18.7 Å². The molecular weight excluding hydrogens is 354 g/mol. The lowest BCUT2D eigenvalue weighted by Crippen LogP contribution is -2.31. The number of nitrogens with zero attached hydrogens (tertiary/aromatic N) is 3. The number of anilines is 1. The van der Waals surface area contributed by atoms with Gasteiger partial charge in [-0.1, -0.05) is 0 Å². The van der Waals surface area contributed by atoms with Gasteiger partial charge in [-0.25, -0.2) is 4.79 Å². The largest absolute Gasteiger partial charge is 0.419 e. The van der Waals surface area contributed by atoms with Gasteiger partial charge in [-0.3, -0.25) is 20.0 Å². The molecular formula is C14H10BrN3O4. The van der Waals surface area contributed by atoms with E-state index in [0.717, 1.165) is 10.2 Å². The highest BCUT2D eigenvalue weighted by molar-refractivity contribution is 9.10. The molecule has 1 aliphatic rings. The summed E-state index contributed by atoms with van der Waals surface area (Å²) in [4.78, 5) is 28.1. The Labute approximate surface area is 133 Å². The molecule has 0 saturated carbocycles. The number of ether oxygens (including phenoxy) is 1. The van der Waals surface area contributed by atoms with E-state index in [1.54, 1.807) is 6.20 Å². The van der Waals surface area contributed by atoms with E-state index in [9.17, 15) is 14.9 Å². The third-order valence-corrected chi connectivity index (χ3v) is 3.68. The molecule has 22 heavy (non-hydrogen) atoms. The number of halogens is 1. The van der Waals surface area contributed by atoms with Crippen molar-refractivity contribution in [2.45, 2.75) is 6.42 Å². The van der Waals surface area contributed by atoms with Gasteiger partial charge in [-0.05, 0) is 34.1 Å². The van der Waals surface area contributed by atoms with Crippen LogP contribution in [0, 0.1) is 10.1 Å². The molecule has 2 heterocycles. The molecule has 1 aliphatic heterocycles. The molecule has 2 aromatic rings. The first-order valence-electron chi connectivity index (χ1n) is 6.43. The Morgan fingerprint density at radius 2 is 2.09 bits per heavy atom. The van der Waals surface area contributed by atoms with E-state index in [1.165, 1.54) is 29.2 Å². The van der Waals surface area contributed by atoms with Crippen LogP contribution in [0.3, 0.4) is 0 Å². The molecule has 1 amide bonds. The van der Waals surface area contributed by atoms with Crippen LogP contribution < -0.4 is 9.64 Å². The summed E-state index contributed by atoms with van der Waals surface area (Å²) in [6.45, 7) is 0.491. The minimum Gasteiger partial charge on any atom is -0.410 e. The fourth-order valence-electron chi connectivity index (χ4n) is 2.20. The van der Waals surface area contributed by atoms with Gasteiger partial charge in [0.05, 0.1) is 16.3 Å². The van der Waals surface area contributed by atoms with Gasteiger partial charge in [-0.2, -0.15) is 0 Å². The molecule has 0 fully saturated rings. The number of hydrogen-bond donors (Lipinski definition) is 0. The number of aromatic nitrogens is 1. The third-order valence-electron chi connectivity index (χ3n) is 3.25. The smallest absolute Gasteiger partial charge is 0.410 e. The molecule has 0 saturated heterocycles. The number of fused-ring (bicyclic) bond motifs is 1. The number of nitro groups is 1. The average molecular weight is 364 g/mol. The second kappa shape index (κ2) is 5.72. The number of amides is 1. The van der Waals surface area contributed by atoms with Crippen molar-refractivity contribution < 1.29 is 14.5 Å². The summed E-state index contributed by atoms with van der Waals surface area (Å²) in [7, 11) is 0. The zero-order valence-corrected chi connectivity index (χ0v) is 12.8. The van der Waals surface area contributed by atoms with Crippen molar-refractivity contribution in [2.75, 3.05) is 11.4 Å². The number of carbonyl (C=O) groups is 1. The molecule has 112 valence electrons. The molecule has 1 aromatic carbocycles. The van der Waals surface area contributed by atoms with Crippen LogP contribution in [0.15, 0.2) is 41.0 Å². The van der Waals surface area contributed by atoms with Crippen molar-refractivity contribution in [3.8, 4) is 5.75 Å². The molecule has 0 N–H and O–H groups in total. The molecule has 0 atom stereocenters. The molecule has 0 radical (unpaired) electrons. The van der Waals surface area contributed by atoms with Crippen molar-refractivity contribution >= 4 is 33.4 Å². The average Bonchev–Trinajstić information content (AvgIpc) is 2.90. The van der Waals surface area contributed by atoms with Crippen LogP contribution in [0.2, 0.25) is 0 Å². The summed E-state index contributed by atoms with van der Waals surface area (Å²) in [5.74, 6) is 0.256. The Balaban J connectivity index is 1.76. The monoisotopic (exact) mass is 363 g/mol. The minimum atomic E-state index is -0.535. The van der Waals surface area contributed by atoms with Gasteiger partial charge in [0, 0.05) is 35.8 Å². The SMILES string of the molecule is O=C(Oc1ccc([N+](=O)[O-])cc1)N1CCc2ncc(Br)cc21. The molecule has 3 rings (SSSR count). The molecule has 0 aliphatic carbocycles. The second-order valence-corrected chi connectivity index (χ2v) is 5.56. The Hall–Kier alpha value is -2.48. The normalized spacial score (nSPS) is 12.9. The van der Waals surface area contributed by atoms with Crippen LogP contribution >= 0.6 is 15.9 Å². The summed E-state index contributed by atoms with van der Waals surface area (Å²) >= 11 is 3.32. The lowest BCUT2D eigenvalue weighted by molar-refractivity contribution is -0.384. The summed E-state index contributed by atoms with van der Waals surface area (Å²) in [5.41, 5.74) is 1.49. The molecule has 7 nitrogen and oxygen atoms in total. The van der Waals surface area contributed by atoms with Gasteiger partial charge in [-0.15, -0.1) is 0 Å². The standard InChI is InChI=1S/C14H10BrN3O4/c15-9-7-13-12(16-8-9)5-6-17(13)14(19)22-11-3-1-10(2-4-11)18(20)21/h1-4,7-8H,5-6H2. The van der Waals surface area contributed by atoms with Crippen LogP contribution in [-0.4, -0.2) is 22.5 Å². The van der Waals surface area contributed by atoms with Gasteiger partial charge in [0.15, 0.2) is 0 Å². The van der Waals surface area contributed by atoms with Crippen molar-refractivity contribution in [1.82, 2.24) is 4.98 Å². The topological polar surface area (TPSA) is 85.6 Å². The minimum absolute atomic E-state index is 0.0561. The number of hydrogen-bond acceptors (Lipinski definition) is 5. The first-order chi connectivity index (χ1) is 10.5. The van der Waals surface area contributed by atoms with Gasteiger partial charge >= 0.3 is 6.09 Å². The zero-order chi connectivity index (χ0) is 15.7. The molecule has 0 spiro atoms. The highest BCUT2D eigenvalue weighted by Crippen LogP contribution is 2.30. The van der Waals surface area contributed by atoms with Crippen LogP contribution in [-0.2, 0) is 6.42 Å². The number of non-ortho nitro benzene ring substituents is 1. The number of carbonyl (C=O) groups excluding carboxylic acids is 1. The summed E-state index contributed by atoms with van der Waals surface area (Å²) in [6.07, 6.45) is 1.81. The summed E-state index contributed by atoms with van der Waals surface area (Å²) in [5, 5.41) is 10.6. The fourth-order valence-corrected chi connectivity index (χ4v) is 2.52. The van der Waals surface area contributed by atoms with E-state index in [-0.39, 0.29) is 11.4 Å². The maximum absolute atomic E-state index is 12.2. The number of nitro benzene ring substituents is 1. The Morgan fingerprint density at radius 3 is 2.77 bits per heavy atom. The first kappa shape index (κ1) is 14.5. The predicted octanol–water partition coefficient (Wildman–Crippen LogP) is 3.31. The van der Waals surface area contributed by atoms with E-state index in [4.69, 9.17) is 4.74 Å². The van der Waals surface area contributed by atoms with Crippen LogP contribution in [0.5, 0.6) is 5.75 Å². The van der Waals surface area contributed by atoms with E-state index >= 15 is 0 Å². The second-order valence-electron chi connectivity index (χ2n) is 4.64. The van der Waals surface area contributed by atoms with E-state index < -0.39 is 11.0 Å². The summed E-state index contributed by atoms with van der Waals surface area (Å²) in [6, 6.07) is 7.18. The highest BCUT2D eigenvalue weighted by atomic mass is 79.9. The molecule has 0 unspecified atom stereocenters. The van der Waals surface area contributed by atoms with Crippen molar-refractivity contribution in [3.63, 3.8) is 0 Å². The van der Waals surface area contributed by atoms with Gasteiger partial charge < -0.3 is 4.74 Å². The number of rotatable bonds is 2. The first-order valence-corrected chi connectivity index (χ1v) is 7.22. The van der Waals surface area contributed by atoms with Crippen molar-refractivity contribution in [1.29, 1.82) is 0 Å². The maximum Gasteiger partial charge on any atom is 0.419 e. The van der Waals surface area contributed by atoms with E-state index in [1.807, 2.05) is 6.07 Å². The third kappa shape index (κ3) is 2.77. The van der Waals surface area contributed by atoms with Crippen LogP contribution in [0.1, 0.15) is 5.69 Å². The lowest BCUT2D eigenvalue weighted by Gasteiger charge is -2.16. The molecule has 0 bridgehead atoms. The molecule has 1 aromatic heterocycles. The van der Waals surface area contributed by atoms with Gasteiger partial charge in [0.25, 0.3) is 5.69 Å². The lowest BCUT2D eigenvalue weighted by atomic mass is 10.3. The van der Waals surface area contributed by atoms with E-state index in [2.05, 4.69) is 20.9 Å². The van der Waals surface area contributed by atoms with Crippen molar-refractivity contribution in [2.24, 2.45) is 0 Å². The highest BCUT2D eigenvalue weighted by Gasteiger charge is 2.27. The fraction of sp³-hybridized carbons (Fsp3) is 0.143. The van der Waals surface area contributed by atoms with Crippen LogP contribution in [0.4, 0.5) is 16.2 Å². The van der Waals surface area contributed by atoms with Gasteiger partial charge in [0.2, 0.25) is 0 Å². The zero-order valence-electron chi connectivity index (χ0n) is 11.2. The quantitative estimate of drug-likeness (QED) is 0.603. The van der Waals surface area contributed by atoms with Crippen molar-refractivity contribution in [3.05, 3.63) is 56.8 Å². The molecule has 8 heteroatoms. The number of benzene rings is 1. The van der Waals surface area contributed by atoms with Crippen LogP contribution in [0.25, 0.3) is 0 Å². The Morgan fingerprint density at radius 1 is 1.36 bits per heavy atom. The Kier molecular flexibility index (Phi) is 3.76. The predicted molar refractivity (Wildman–Crippen MR) is 82.1 cm³/mol. The Bertz CT molecular complexity index is 748. The maximum atomic E-state index is 12.2. The summed E-state index contributed by atoms with van der Waals surface area (Å²) < 4.78 is 6.03. The van der Waals surface area contributed by atoms with Gasteiger partial charge in [0.1, 0.15) is 5.75 Å².